The van der Waals surface area contributed by atoms with Crippen LogP contribution in [-0.2, 0) is 6.54 Å². The average molecular weight is 438 g/mol. The summed E-state index contributed by atoms with van der Waals surface area (Å²) in [7, 11) is 2.15. The van der Waals surface area contributed by atoms with Gasteiger partial charge in [0.1, 0.15) is 0 Å². The molecule has 2 aromatic carbocycles. The number of carbonyl (C=O) groups excluding carboxylic acids is 1. The van der Waals surface area contributed by atoms with Gasteiger partial charge in [-0.3, -0.25) is 14.4 Å². The minimum absolute atomic E-state index is 0.0796. The first kappa shape index (κ1) is 21.6. The van der Waals surface area contributed by atoms with E-state index >= 15 is 0 Å². The number of likely N-dealkylation sites (N-methyl/N-ethyl adjacent to an activating group) is 1. The molecule has 1 aliphatic rings. The molecule has 162 valence electrons. The molecule has 0 spiro atoms. The van der Waals surface area contributed by atoms with Crippen molar-refractivity contribution in [3.63, 3.8) is 0 Å². The van der Waals surface area contributed by atoms with Gasteiger partial charge in [0.05, 0.1) is 24.3 Å². The Bertz CT molecular complexity index is 998. The van der Waals surface area contributed by atoms with Gasteiger partial charge in [-0.1, -0.05) is 60.1 Å². The third kappa shape index (κ3) is 5.73. The molecule has 0 radical (unpaired) electrons. The first-order valence-electron chi connectivity index (χ1n) is 10.6. The highest BCUT2D eigenvalue weighted by Crippen LogP contribution is 2.18. The van der Waals surface area contributed by atoms with Crippen molar-refractivity contribution in [3.8, 4) is 0 Å². The molecule has 1 unspecified atom stereocenters. The Morgan fingerprint density at radius 2 is 1.77 bits per heavy atom. The largest absolute Gasteiger partial charge is 0.344 e. The quantitative estimate of drug-likeness (QED) is 0.616. The summed E-state index contributed by atoms with van der Waals surface area (Å²) in [5, 5.41) is 8.28. The number of halogens is 1. The number of carbonyl (C=O) groups is 1. The minimum Gasteiger partial charge on any atom is -0.344 e. The van der Waals surface area contributed by atoms with Gasteiger partial charge in [0.15, 0.2) is 0 Å². The molecule has 2 heterocycles. The topological polar surface area (TPSA) is 53.4 Å². The molecule has 0 aliphatic carbocycles. The third-order valence-corrected chi connectivity index (χ3v) is 6.10. The number of nitrogens with zero attached hydrogens (tertiary/aromatic N) is 4. The maximum Gasteiger partial charge on any atom is 0.254 e. The fraction of sp³-hybridized carbons (Fsp3) is 0.333. The number of rotatable bonds is 7. The van der Waals surface area contributed by atoms with Gasteiger partial charge in [-0.2, -0.15) is 5.10 Å². The number of hydrogen-bond acceptors (Lipinski definition) is 4. The molecule has 1 aliphatic heterocycles. The molecule has 0 saturated carbocycles. The van der Waals surface area contributed by atoms with Gasteiger partial charge in [0.25, 0.3) is 5.91 Å². The van der Waals surface area contributed by atoms with E-state index in [1.165, 1.54) is 0 Å². The lowest BCUT2D eigenvalue weighted by atomic mass is 10.1. The summed E-state index contributed by atoms with van der Waals surface area (Å²) in [5.74, 6) is -0.117. The lowest BCUT2D eigenvalue weighted by molar-refractivity contribution is 0.0907. The predicted octanol–water partition coefficient (Wildman–Crippen LogP) is 3.30. The zero-order valence-electron chi connectivity index (χ0n) is 17.7. The van der Waals surface area contributed by atoms with E-state index in [2.05, 4.69) is 39.4 Å². The van der Waals surface area contributed by atoms with E-state index < -0.39 is 0 Å². The molecular formula is C24H28ClN5O. The summed E-state index contributed by atoms with van der Waals surface area (Å²) in [6, 6.07) is 17.8. The van der Waals surface area contributed by atoms with Gasteiger partial charge >= 0.3 is 0 Å². The van der Waals surface area contributed by atoms with Crippen LogP contribution in [0.3, 0.4) is 0 Å². The molecule has 1 aromatic heterocycles. The Kier molecular flexibility index (Phi) is 7.02. The van der Waals surface area contributed by atoms with Gasteiger partial charge < -0.3 is 10.2 Å². The zero-order chi connectivity index (χ0) is 21.6. The Labute approximate surface area is 188 Å². The highest BCUT2D eigenvalue weighted by molar-refractivity contribution is 6.31. The van der Waals surface area contributed by atoms with Crippen LogP contribution in [0.25, 0.3) is 0 Å². The molecule has 1 saturated heterocycles. The monoisotopic (exact) mass is 437 g/mol. The van der Waals surface area contributed by atoms with Crippen LogP contribution < -0.4 is 5.32 Å². The fourth-order valence-electron chi connectivity index (χ4n) is 3.82. The Morgan fingerprint density at radius 1 is 1.06 bits per heavy atom. The van der Waals surface area contributed by atoms with Crippen molar-refractivity contribution in [2.75, 3.05) is 39.8 Å². The van der Waals surface area contributed by atoms with Crippen molar-refractivity contribution in [1.29, 1.82) is 0 Å². The summed E-state index contributed by atoms with van der Waals surface area (Å²) >= 11 is 6.25. The number of amides is 1. The lowest BCUT2D eigenvalue weighted by Crippen LogP contribution is -2.47. The molecule has 6 nitrogen and oxygen atoms in total. The van der Waals surface area contributed by atoms with E-state index in [0.29, 0.717) is 17.1 Å². The van der Waals surface area contributed by atoms with E-state index in [0.717, 1.165) is 43.9 Å². The molecule has 7 heteroatoms. The van der Waals surface area contributed by atoms with Crippen LogP contribution in [0.15, 0.2) is 67.0 Å². The van der Waals surface area contributed by atoms with Gasteiger partial charge in [-0.25, -0.2) is 0 Å². The molecule has 3 aromatic rings. The number of aromatic nitrogens is 2. The molecular weight excluding hydrogens is 410 g/mol. The maximum atomic E-state index is 13.0. The van der Waals surface area contributed by atoms with E-state index in [9.17, 15) is 4.79 Å². The number of benzene rings is 2. The van der Waals surface area contributed by atoms with Crippen molar-refractivity contribution in [3.05, 3.63) is 88.7 Å². The lowest BCUT2D eigenvalue weighted by Gasteiger charge is -2.35. The highest BCUT2D eigenvalue weighted by atomic mass is 35.5. The third-order valence-electron chi connectivity index (χ3n) is 5.73. The van der Waals surface area contributed by atoms with Crippen LogP contribution in [0.5, 0.6) is 0 Å². The second kappa shape index (κ2) is 10.1. The fourth-order valence-corrected chi connectivity index (χ4v) is 4.01. The Balaban J connectivity index is 1.45. The molecule has 4 rings (SSSR count). The van der Waals surface area contributed by atoms with Crippen molar-refractivity contribution in [2.45, 2.75) is 12.6 Å². The first-order valence-corrected chi connectivity index (χ1v) is 11.0. The zero-order valence-corrected chi connectivity index (χ0v) is 18.5. The SMILES string of the molecule is CN1CCN(CC(NC(=O)c2cnn(Cc3ccccc3Cl)c2)c2ccccc2)CC1. The summed E-state index contributed by atoms with van der Waals surface area (Å²) in [4.78, 5) is 17.8. The molecule has 1 atom stereocenters. The molecule has 1 N–H and O–H groups in total. The number of hydrogen-bond donors (Lipinski definition) is 1. The van der Waals surface area contributed by atoms with Gasteiger partial charge in [-0.05, 0) is 24.2 Å². The summed E-state index contributed by atoms with van der Waals surface area (Å²) in [6.07, 6.45) is 3.39. The van der Waals surface area contributed by atoms with Gasteiger partial charge in [-0.15, -0.1) is 0 Å². The Hall–Kier alpha value is -2.67. The normalized spacial score (nSPS) is 16.2. The van der Waals surface area contributed by atoms with Crippen LogP contribution >= 0.6 is 11.6 Å². The van der Waals surface area contributed by atoms with Crippen molar-refractivity contribution >= 4 is 17.5 Å². The Morgan fingerprint density at radius 3 is 2.52 bits per heavy atom. The van der Waals surface area contributed by atoms with Crippen molar-refractivity contribution < 1.29 is 4.79 Å². The number of piperazine rings is 1. The smallest absolute Gasteiger partial charge is 0.254 e. The van der Waals surface area contributed by atoms with E-state index in [1.807, 2.05) is 42.5 Å². The van der Waals surface area contributed by atoms with Gasteiger partial charge in [0.2, 0.25) is 0 Å². The van der Waals surface area contributed by atoms with E-state index in [1.54, 1.807) is 17.1 Å². The van der Waals surface area contributed by atoms with Crippen LogP contribution in [0.4, 0.5) is 0 Å². The first-order chi connectivity index (χ1) is 15.1. The number of nitrogens with one attached hydrogen (secondary N) is 1. The van der Waals surface area contributed by atoms with Crippen LogP contribution in [0.2, 0.25) is 5.02 Å². The second-order valence-electron chi connectivity index (χ2n) is 8.06. The molecule has 31 heavy (non-hydrogen) atoms. The van der Waals surface area contributed by atoms with Crippen LogP contribution in [-0.4, -0.2) is 65.3 Å². The van der Waals surface area contributed by atoms with E-state index in [-0.39, 0.29) is 11.9 Å². The predicted molar refractivity (Wildman–Crippen MR) is 123 cm³/mol. The summed E-state index contributed by atoms with van der Waals surface area (Å²) < 4.78 is 1.74. The molecule has 0 bridgehead atoms. The average Bonchev–Trinajstić information content (AvgIpc) is 3.26. The summed E-state index contributed by atoms with van der Waals surface area (Å²) in [5.41, 5.74) is 2.63. The highest BCUT2D eigenvalue weighted by Gasteiger charge is 2.22. The second-order valence-corrected chi connectivity index (χ2v) is 8.47. The van der Waals surface area contributed by atoms with E-state index in [4.69, 9.17) is 11.6 Å². The van der Waals surface area contributed by atoms with Crippen molar-refractivity contribution in [1.82, 2.24) is 24.9 Å². The van der Waals surface area contributed by atoms with Crippen LogP contribution in [0, 0.1) is 0 Å². The summed E-state index contributed by atoms with van der Waals surface area (Å²) in [6.45, 7) is 5.42. The van der Waals surface area contributed by atoms with Gasteiger partial charge in [0, 0.05) is 43.9 Å². The molecule has 1 fully saturated rings. The minimum atomic E-state index is -0.117. The molecule has 1 amide bonds. The van der Waals surface area contributed by atoms with Crippen LogP contribution in [0.1, 0.15) is 27.5 Å². The standard InChI is InChI=1S/C24H28ClN5O/c1-28-11-13-29(14-12-28)18-23(19-7-3-2-4-8-19)27-24(31)21-15-26-30(17-21)16-20-9-5-6-10-22(20)25/h2-10,15,17,23H,11-14,16,18H2,1H3,(H,27,31). The van der Waals surface area contributed by atoms with Crippen molar-refractivity contribution in [2.24, 2.45) is 0 Å². The maximum absolute atomic E-state index is 13.0.